The molecule has 84 valence electrons. The minimum Gasteiger partial charge on any atom is -0.343 e. The first-order valence-electron chi connectivity index (χ1n) is 4.19. The van der Waals surface area contributed by atoms with E-state index in [2.05, 4.69) is 14.7 Å². The van der Waals surface area contributed by atoms with Gasteiger partial charge < -0.3 is 4.52 Å². The van der Waals surface area contributed by atoms with Gasteiger partial charge in [-0.3, -0.25) is 0 Å². The van der Waals surface area contributed by atoms with Crippen LogP contribution >= 0.6 is 46.6 Å². The lowest BCUT2D eigenvalue weighted by atomic mass is 10.4. The molecule has 0 saturated carbocycles. The molecular formula is C9H5Cl3N2OS. The Morgan fingerprint density at radius 2 is 1.88 bits per heavy atom. The largest absolute Gasteiger partial charge is 0.343 e. The molecule has 0 amide bonds. The lowest BCUT2D eigenvalue weighted by molar-refractivity contribution is 0.412. The molecule has 0 N–H and O–H groups in total. The third-order valence-corrected chi connectivity index (χ3v) is 3.94. The Kier molecular flexibility index (Phi) is 3.97. The summed E-state index contributed by atoms with van der Waals surface area (Å²) in [6, 6.07) is 3.33. The third-order valence-electron chi connectivity index (χ3n) is 1.74. The Morgan fingerprint density at radius 3 is 2.56 bits per heavy atom. The highest BCUT2D eigenvalue weighted by molar-refractivity contribution is 7.98. The quantitative estimate of drug-likeness (QED) is 0.624. The molecular weight excluding hydrogens is 291 g/mol. The van der Waals surface area contributed by atoms with Crippen LogP contribution in [0.15, 0.2) is 27.9 Å². The smallest absolute Gasteiger partial charge is 0.213 e. The molecule has 2 rings (SSSR count). The van der Waals surface area contributed by atoms with Crippen LogP contribution in [0.1, 0.15) is 5.82 Å². The molecule has 0 aliphatic rings. The fourth-order valence-corrected chi connectivity index (χ4v) is 2.60. The number of rotatable bonds is 3. The monoisotopic (exact) mass is 294 g/mol. The van der Waals surface area contributed by atoms with Gasteiger partial charge in [0.05, 0.1) is 20.8 Å². The van der Waals surface area contributed by atoms with E-state index in [9.17, 15) is 0 Å². The Morgan fingerprint density at radius 1 is 1.12 bits per heavy atom. The molecule has 16 heavy (non-hydrogen) atoms. The summed E-state index contributed by atoms with van der Waals surface area (Å²) in [5.41, 5.74) is 0. The lowest BCUT2D eigenvalue weighted by Gasteiger charge is -2.04. The molecule has 0 unspecified atom stereocenters. The van der Waals surface area contributed by atoms with Crippen LogP contribution in [0.3, 0.4) is 0 Å². The van der Waals surface area contributed by atoms with Gasteiger partial charge in [0, 0.05) is 4.90 Å². The highest BCUT2D eigenvalue weighted by atomic mass is 35.5. The zero-order valence-electron chi connectivity index (χ0n) is 7.78. The average Bonchev–Trinajstić information content (AvgIpc) is 2.74. The van der Waals surface area contributed by atoms with E-state index in [-0.39, 0.29) is 0 Å². The van der Waals surface area contributed by atoms with Crippen LogP contribution < -0.4 is 0 Å². The van der Waals surface area contributed by atoms with Crippen LogP contribution in [0.2, 0.25) is 15.1 Å². The predicted octanol–water partition coefficient (Wildman–Crippen LogP) is 4.32. The van der Waals surface area contributed by atoms with Crippen molar-refractivity contribution in [1.82, 2.24) is 10.1 Å². The first kappa shape index (κ1) is 12.0. The van der Waals surface area contributed by atoms with Gasteiger partial charge in [-0.2, -0.15) is 4.98 Å². The van der Waals surface area contributed by atoms with E-state index in [0.717, 1.165) is 4.90 Å². The van der Waals surface area contributed by atoms with Crippen molar-refractivity contribution in [3.8, 4) is 0 Å². The average molecular weight is 296 g/mol. The Hall–Kier alpha value is -0.420. The molecule has 7 heteroatoms. The second-order valence-electron chi connectivity index (χ2n) is 2.83. The van der Waals surface area contributed by atoms with Crippen molar-refractivity contribution in [2.75, 3.05) is 0 Å². The summed E-state index contributed by atoms with van der Waals surface area (Å²) < 4.78 is 4.62. The van der Waals surface area contributed by atoms with Crippen molar-refractivity contribution in [3.63, 3.8) is 0 Å². The molecule has 1 aromatic heterocycles. The Bertz CT molecular complexity index is 490. The van der Waals surface area contributed by atoms with Gasteiger partial charge in [-0.15, -0.1) is 11.8 Å². The van der Waals surface area contributed by atoms with Crippen molar-refractivity contribution in [1.29, 1.82) is 0 Å². The second-order valence-corrected chi connectivity index (χ2v) is 5.07. The van der Waals surface area contributed by atoms with Crippen molar-refractivity contribution in [3.05, 3.63) is 39.4 Å². The maximum Gasteiger partial charge on any atom is 0.213 e. The number of benzene rings is 1. The summed E-state index contributed by atoms with van der Waals surface area (Å²) in [5, 5.41) is 5.16. The van der Waals surface area contributed by atoms with Gasteiger partial charge >= 0.3 is 0 Å². The zero-order valence-corrected chi connectivity index (χ0v) is 10.9. The maximum absolute atomic E-state index is 6.01. The van der Waals surface area contributed by atoms with E-state index in [0.29, 0.717) is 26.6 Å². The van der Waals surface area contributed by atoms with Crippen LogP contribution in [0.25, 0.3) is 0 Å². The fourth-order valence-electron chi connectivity index (χ4n) is 1.01. The summed E-state index contributed by atoms with van der Waals surface area (Å²) in [6.07, 6.45) is 1.28. The second kappa shape index (κ2) is 5.27. The molecule has 2 aromatic rings. The maximum atomic E-state index is 6.01. The normalized spacial score (nSPS) is 10.7. The Labute approximate surface area is 111 Å². The van der Waals surface area contributed by atoms with E-state index >= 15 is 0 Å². The molecule has 0 saturated heterocycles. The number of halogens is 3. The summed E-state index contributed by atoms with van der Waals surface area (Å²) in [4.78, 5) is 4.73. The molecule has 1 aromatic carbocycles. The summed E-state index contributed by atoms with van der Waals surface area (Å²) in [7, 11) is 0. The van der Waals surface area contributed by atoms with Gasteiger partial charge in [0.1, 0.15) is 0 Å². The summed E-state index contributed by atoms with van der Waals surface area (Å²) in [5.74, 6) is 1.17. The molecule has 0 radical (unpaired) electrons. The minimum absolute atomic E-state index is 0.440. The summed E-state index contributed by atoms with van der Waals surface area (Å²) >= 11 is 19.2. The van der Waals surface area contributed by atoms with Crippen LogP contribution in [-0.2, 0) is 5.75 Å². The molecule has 3 nitrogen and oxygen atoms in total. The molecule has 0 fully saturated rings. The van der Waals surface area contributed by atoms with Gasteiger partial charge in [0.2, 0.25) is 6.39 Å². The van der Waals surface area contributed by atoms with Crippen LogP contribution in [0.4, 0.5) is 0 Å². The van der Waals surface area contributed by atoms with Gasteiger partial charge in [0.15, 0.2) is 5.82 Å². The molecule has 0 spiro atoms. The lowest BCUT2D eigenvalue weighted by Crippen LogP contribution is -1.84. The molecule has 0 aliphatic heterocycles. The first-order chi connectivity index (χ1) is 7.66. The van der Waals surface area contributed by atoms with Gasteiger partial charge in [0.25, 0.3) is 0 Å². The topological polar surface area (TPSA) is 38.9 Å². The molecule has 0 bridgehead atoms. The number of hydrogen-bond acceptors (Lipinski definition) is 4. The highest BCUT2D eigenvalue weighted by Gasteiger charge is 2.08. The molecule has 0 atom stereocenters. The number of thioether (sulfide) groups is 1. The van der Waals surface area contributed by atoms with Crippen molar-refractivity contribution in [2.45, 2.75) is 10.6 Å². The standard InChI is InChI=1S/C9H5Cl3N2OS/c10-5-1-7(12)8(2-6(5)11)16-3-9-13-4-15-14-9/h1-2,4H,3H2. The van der Waals surface area contributed by atoms with E-state index in [1.54, 1.807) is 12.1 Å². The van der Waals surface area contributed by atoms with Crippen molar-refractivity contribution >= 4 is 46.6 Å². The van der Waals surface area contributed by atoms with E-state index in [4.69, 9.17) is 34.8 Å². The number of aromatic nitrogens is 2. The van der Waals surface area contributed by atoms with Gasteiger partial charge in [-0.25, -0.2) is 0 Å². The minimum atomic E-state index is 0.440. The number of nitrogens with zero attached hydrogens (tertiary/aromatic N) is 2. The first-order valence-corrected chi connectivity index (χ1v) is 6.31. The van der Waals surface area contributed by atoms with Crippen molar-refractivity contribution in [2.24, 2.45) is 0 Å². The van der Waals surface area contributed by atoms with E-state index in [1.807, 2.05) is 0 Å². The van der Waals surface area contributed by atoms with Crippen molar-refractivity contribution < 1.29 is 4.52 Å². The van der Waals surface area contributed by atoms with Crippen LogP contribution in [0, 0.1) is 0 Å². The van der Waals surface area contributed by atoms with E-state index < -0.39 is 0 Å². The van der Waals surface area contributed by atoms with Crippen LogP contribution in [0.5, 0.6) is 0 Å². The van der Waals surface area contributed by atoms with Crippen LogP contribution in [-0.4, -0.2) is 10.1 Å². The predicted molar refractivity (Wildman–Crippen MR) is 65.3 cm³/mol. The fraction of sp³-hybridized carbons (Fsp3) is 0.111. The zero-order chi connectivity index (χ0) is 11.5. The highest BCUT2D eigenvalue weighted by Crippen LogP contribution is 2.35. The van der Waals surface area contributed by atoms with E-state index in [1.165, 1.54) is 18.2 Å². The van der Waals surface area contributed by atoms with Gasteiger partial charge in [-0.1, -0.05) is 40.0 Å². The number of hydrogen-bond donors (Lipinski definition) is 0. The Balaban J connectivity index is 2.12. The van der Waals surface area contributed by atoms with Gasteiger partial charge in [-0.05, 0) is 12.1 Å². The molecule has 1 heterocycles. The SMILES string of the molecule is Clc1cc(Cl)c(SCc2ncon2)cc1Cl. The summed E-state index contributed by atoms with van der Waals surface area (Å²) in [6.45, 7) is 0. The molecule has 0 aliphatic carbocycles. The third kappa shape index (κ3) is 2.83.